The molecule has 18 heavy (non-hydrogen) atoms. The number of carboxylic acids is 1. The molecular formula is C12H14N2O4. The number of aromatic nitrogens is 2. The van der Waals surface area contributed by atoms with Crippen LogP contribution in [-0.4, -0.2) is 20.6 Å². The maximum Gasteiger partial charge on any atom is 0.421 e. The fraction of sp³-hybridized carbons (Fsp3) is 0.417. The third-order valence-electron chi connectivity index (χ3n) is 2.70. The molecule has 0 fully saturated rings. The number of oxazole rings is 1. The molecule has 2 aromatic heterocycles. The summed E-state index contributed by atoms with van der Waals surface area (Å²) in [6.45, 7) is 0.502. The van der Waals surface area contributed by atoms with Crippen LogP contribution < -0.4 is 5.76 Å². The van der Waals surface area contributed by atoms with Crippen LogP contribution in [0.5, 0.6) is 0 Å². The first kappa shape index (κ1) is 12.3. The smallest absolute Gasteiger partial charge is 0.421 e. The van der Waals surface area contributed by atoms with Gasteiger partial charge in [-0.15, -0.1) is 0 Å². The number of fused-ring (bicyclic) bond motifs is 1. The first-order chi connectivity index (χ1) is 8.68. The SMILES string of the molecule is O=C(O)CCCCCn1c(=O)oc2cccnc21. The molecule has 0 aliphatic rings. The first-order valence-corrected chi connectivity index (χ1v) is 5.84. The van der Waals surface area contributed by atoms with E-state index >= 15 is 0 Å². The fourth-order valence-corrected chi connectivity index (χ4v) is 1.82. The number of nitrogens with zero attached hydrogens (tertiary/aromatic N) is 2. The molecule has 0 aromatic carbocycles. The number of carbonyl (C=O) groups is 1. The maximum absolute atomic E-state index is 11.6. The van der Waals surface area contributed by atoms with E-state index < -0.39 is 11.7 Å². The zero-order valence-corrected chi connectivity index (χ0v) is 9.83. The highest BCUT2D eigenvalue weighted by Gasteiger charge is 2.08. The second kappa shape index (κ2) is 5.48. The highest BCUT2D eigenvalue weighted by Crippen LogP contribution is 2.10. The molecule has 0 radical (unpaired) electrons. The minimum Gasteiger partial charge on any atom is -0.481 e. The van der Waals surface area contributed by atoms with E-state index in [4.69, 9.17) is 9.52 Å². The van der Waals surface area contributed by atoms with Crippen LogP contribution in [0.3, 0.4) is 0 Å². The molecule has 0 aliphatic carbocycles. The lowest BCUT2D eigenvalue weighted by molar-refractivity contribution is -0.137. The van der Waals surface area contributed by atoms with Gasteiger partial charge in [0, 0.05) is 19.2 Å². The summed E-state index contributed by atoms with van der Waals surface area (Å²) in [4.78, 5) is 26.0. The van der Waals surface area contributed by atoms with Gasteiger partial charge in [0.2, 0.25) is 0 Å². The van der Waals surface area contributed by atoms with Gasteiger partial charge in [-0.05, 0) is 25.0 Å². The number of hydrogen-bond acceptors (Lipinski definition) is 4. The molecule has 0 atom stereocenters. The molecule has 0 amide bonds. The van der Waals surface area contributed by atoms with Crippen LogP contribution in [-0.2, 0) is 11.3 Å². The summed E-state index contributed by atoms with van der Waals surface area (Å²) in [5.41, 5.74) is 1.02. The van der Waals surface area contributed by atoms with Gasteiger partial charge in [0.25, 0.3) is 0 Å². The summed E-state index contributed by atoms with van der Waals surface area (Å²) in [6.07, 6.45) is 3.89. The molecular weight excluding hydrogens is 236 g/mol. The van der Waals surface area contributed by atoms with Crippen LogP contribution in [0.2, 0.25) is 0 Å². The van der Waals surface area contributed by atoms with Crippen LogP contribution in [0.25, 0.3) is 11.2 Å². The monoisotopic (exact) mass is 250 g/mol. The van der Waals surface area contributed by atoms with Crippen molar-refractivity contribution in [2.75, 3.05) is 0 Å². The van der Waals surface area contributed by atoms with Gasteiger partial charge < -0.3 is 9.52 Å². The van der Waals surface area contributed by atoms with Crippen molar-refractivity contribution >= 4 is 17.2 Å². The quantitative estimate of drug-likeness (QED) is 0.787. The van der Waals surface area contributed by atoms with Crippen molar-refractivity contribution in [3.8, 4) is 0 Å². The van der Waals surface area contributed by atoms with Gasteiger partial charge >= 0.3 is 11.7 Å². The molecule has 0 bridgehead atoms. The summed E-state index contributed by atoms with van der Waals surface area (Å²) in [6, 6.07) is 3.41. The van der Waals surface area contributed by atoms with E-state index in [9.17, 15) is 9.59 Å². The Morgan fingerprint density at radius 2 is 2.22 bits per heavy atom. The zero-order valence-electron chi connectivity index (χ0n) is 9.83. The largest absolute Gasteiger partial charge is 0.481 e. The van der Waals surface area contributed by atoms with Crippen LogP contribution in [0, 0.1) is 0 Å². The van der Waals surface area contributed by atoms with Gasteiger partial charge in [-0.1, -0.05) is 6.42 Å². The summed E-state index contributed by atoms with van der Waals surface area (Å²) in [5.74, 6) is -1.20. The molecule has 6 heteroatoms. The number of unbranched alkanes of at least 4 members (excludes halogenated alkanes) is 2. The lowest BCUT2D eigenvalue weighted by atomic mass is 10.2. The molecule has 0 saturated heterocycles. The molecule has 0 aliphatic heterocycles. The topological polar surface area (TPSA) is 85.3 Å². The summed E-state index contributed by atoms with van der Waals surface area (Å²) in [7, 11) is 0. The average Bonchev–Trinajstić information content (AvgIpc) is 2.65. The number of carboxylic acid groups (broad SMARTS) is 1. The van der Waals surface area contributed by atoms with Crippen molar-refractivity contribution in [3.05, 3.63) is 28.9 Å². The van der Waals surface area contributed by atoms with E-state index in [0.29, 0.717) is 24.2 Å². The van der Waals surface area contributed by atoms with Gasteiger partial charge in [-0.25, -0.2) is 9.78 Å². The lowest BCUT2D eigenvalue weighted by Crippen LogP contribution is -2.14. The van der Waals surface area contributed by atoms with Crippen molar-refractivity contribution in [1.82, 2.24) is 9.55 Å². The van der Waals surface area contributed by atoms with Crippen molar-refractivity contribution in [2.24, 2.45) is 0 Å². The Kier molecular flexibility index (Phi) is 3.76. The molecule has 0 unspecified atom stereocenters. The van der Waals surface area contributed by atoms with E-state index in [2.05, 4.69) is 4.98 Å². The van der Waals surface area contributed by atoms with Crippen LogP contribution in [0.15, 0.2) is 27.5 Å². The molecule has 0 spiro atoms. The van der Waals surface area contributed by atoms with Gasteiger partial charge in [-0.2, -0.15) is 0 Å². The van der Waals surface area contributed by atoms with E-state index in [1.165, 1.54) is 4.57 Å². The Hall–Kier alpha value is -2.11. The molecule has 2 heterocycles. The van der Waals surface area contributed by atoms with Gasteiger partial charge in [0.1, 0.15) is 0 Å². The van der Waals surface area contributed by atoms with Crippen molar-refractivity contribution in [1.29, 1.82) is 0 Å². The van der Waals surface area contributed by atoms with E-state index in [0.717, 1.165) is 12.8 Å². The fourth-order valence-electron chi connectivity index (χ4n) is 1.82. The molecule has 2 aromatic rings. The predicted octanol–water partition coefficient (Wildman–Crippen LogP) is 1.63. The highest BCUT2D eigenvalue weighted by molar-refractivity contribution is 5.67. The number of rotatable bonds is 6. The molecule has 96 valence electrons. The van der Waals surface area contributed by atoms with E-state index in [-0.39, 0.29) is 6.42 Å². The van der Waals surface area contributed by atoms with Crippen molar-refractivity contribution < 1.29 is 14.3 Å². The highest BCUT2D eigenvalue weighted by atomic mass is 16.4. The normalized spacial score (nSPS) is 10.9. The minimum absolute atomic E-state index is 0.166. The third kappa shape index (κ3) is 2.77. The standard InChI is InChI=1S/C12H14N2O4/c15-10(16)6-2-1-3-8-14-11-9(18-12(14)17)5-4-7-13-11/h4-5,7H,1-3,6,8H2,(H,15,16). The number of hydrogen-bond donors (Lipinski definition) is 1. The Morgan fingerprint density at radius 3 is 3.00 bits per heavy atom. The first-order valence-electron chi connectivity index (χ1n) is 5.84. The molecule has 2 rings (SSSR count). The number of pyridine rings is 1. The van der Waals surface area contributed by atoms with Gasteiger partial charge in [0.05, 0.1) is 0 Å². The third-order valence-corrected chi connectivity index (χ3v) is 2.70. The van der Waals surface area contributed by atoms with E-state index in [1.54, 1.807) is 18.3 Å². The second-order valence-electron chi connectivity index (χ2n) is 4.05. The number of aliphatic carboxylic acids is 1. The Balaban J connectivity index is 1.97. The molecule has 0 saturated carbocycles. The van der Waals surface area contributed by atoms with Crippen LogP contribution in [0.1, 0.15) is 25.7 Å². The van der Waals surface area contributed by atoms with E-state index in [1.807, 2.05) is 0 Å². The van der Waals surface area contributed by atoms with Gasteiger partial charge in [0.15, 0.2) is 11.2 Å². The number of aryl methyl sites for hydroxylation is 1. The molecule has 1 N–H and O–H groups in total. The van der Waals surface area contributed by atoms with Crippen molar-refractivity contribution in [2.45, 2.75) is 32.2 Å². The van der Waals surface area contributed by atoms with Crippen LogP contribution >= 0.6 is 0 Å². The zero-order chi connectivity index (χ0) is 13.0. The van der Waals surface area contributed by atoms with Crippen molar-refractivity contribution in [3.63, 3.8) is 0 Å². The molecule has 6 nitrogen and oxygen atoms in total. The Bertz CT molecular complexity index is 599. The summed E-state index contributed by atoms with van der Waals surface area (Å²) < 4.78 is 6.53. The van der Waals surface area contributed by atoms with Gasteiger partial charge in [-0.3, -0.25) is 9.36 Å². The summed E-state index contributed by atoms with van der Waals surface area (Å²) >= 11 is 0. The minimum atomic E-state index is -0.789. The second-order valence-corrected chi connectivity index (χ2v) is 4.05. The summed E-state index contributed by atoms with van der Waals surface area (Å²) in [5, 5.41) is 8.50. The Morgan fingerprint density at radius 1 is 1.39 bits per heavy atom. The average molecular weight is 250 g/mol. The maximum atomic E-state index is 11.6. The lowest BCUT2D eigenvalue weighted by Gasteiger charge is -2.00. The Labute approximate surface area is 103 Å². The van der Waals surface area contributed by atoms with Crippen LogP contribution in [0.4, 0.5) is 0 Å². The predicted molar refractivity (Wildman–Crippen MR) is 64.4 cm³/mol.